The van der Waals surface area contributed by atoms with E-state index in [9.17, 15) is 8.42 Å². The third-order valence-electron chi connectivity index (χ3n) is 2.78. The van der Waals surface area contributed by atoms with Gasteiger partial charge in [0.15, 0.2) is 6.19 Å². The van der Waals surface area contributed by atoms with E-state index in [1.807, 2.05) is 6.19 Å². The third kappa shape index (κ3) is 2.75. The molecule has 1 aliphatic rings. The monoisotopic (exact) mass is 285 g/mol. The maximum atomic E-state index is 12.1. The zero-order valence-electron chi connectivity index (χ0n) is 9.51. The summed E-state index contributed by atoms with van der Waals surface area (Å²) in [6, 6.07) is 6.05. The number of halogens is 1. The van der Waals surface area contributed by atoms with Crippen molar-refractivity contribution >= 4 is 21.6 Å². The molecule has 0 bridgehead atoms. The van der Waals surface area contributed by atoms with E-state index in [2.05, 4.69) is 4.72 Å². The molecule has 0 saturated carbocycles. The fourth-order valence-electron chi connectivity index (χ4n) is 1.89. The average Bonchev–Trinajstić information content (AvgIpc) is 2.76. The fraction of sp³-hybridized carbons (Fsp3) is 0.364. The van der Waals surface area contributed by atoms with Gasteiger partial charge >= 0.3 is 0 Å². The molecule has 0 radical (unpaired) electrons. The van der Waals surface area contributed by atoms with Crippen LogP contribution in [0.3, 0.4) is 0 Å². The lowest BCUT2D eigenvalue weighted by atomic mass is 10.3. The van der Waals surface area contributed by atoms with E-state index in [0.717, 1.165) is 0 Å². The number of rotatable bonds is 3. The van der Waals surface area contributed by atoms with E-state index in [-0.39, 0.29) is 16.0 Å². The Balaban J connectivity index is 2.14. The zero-order chi connectivity index (χ0) is 13.2. The lowest BCUT2D eigenvalue weighted by Crippen LogP contribution is -2.36. The first-order chi connectivity index (χ1) is 8.53. The van der Waals surface area contributed by atoms with Gasteiger partial charge in [-0.3, -0.25) is 0 Å². The Hall–Kier alpha value is -1.29. The molecule has 0 aromatic heterocycles. The molecule has 18 heavy (non-hydrogen) atoms. The summed E-state index contributed by atoms with van der Waals surface area (Å²) in [4.78, 5) is 1.60. The second kappa shape index (κ2) is 5.14. The SMILES string of the molecule is N#CN1CCC(NS(=O)(=O)c2ccccc2Cl)C1. The summed E-state index contributed by atoms with van der Waals surface area (Å²) in [6.45, 7) is 0.979. The number of nitrogens with one attached hydrogen (secondary N) is 1. The van der Waals surface area contributed by atoms with Gasteiger partial charge in [0.25, 0.3) is 0 Å². The van der Waals surface area contributed by atoms with Crippen molar-refractivity contribution in [3.8, 4) is 6.19 Å². The average molecular weight is 286 g/mol. The van der Waals surface area contributed by atoms with Crippen LogP contribution in [0.1, 0.15) is 6.42 Å². The minimum Gasteiger partial charge on any atom is -0.309 e. The van der Waals surface area contributed by atoms with Crippen molar-refractivity contribution in [2.24, 2.45) is 0 Å². The number of nitrogens with zero attached hydrogens (tertiary/aromatic N) is 2. The quantitative estimate of drug-likeness (QED) is 0.846. The van der Waals surface area contributed by atoms with Crippen molar-refractivity contribution in [1.82, 2.24) is 9.62 Å². The second-order valence-corrected chi connectivity index (χ2v) is 6.17. The Morgan fingerprint density at radius 1 is 1.44 bits per heavy atom. The van der Waals surface area contributed by atoms with E-state index in [0.29, 0.717) is 19.5 Å². The van der Waals surface area contributed by atoms with Crippen LogP contribution in [-0.2, 0) is 10.0 Å². The van der Waals surface area contributed by atoms with Crippen LogP contribution in [0.5, 0.6) is 0 Å². The number of nitriles is 1. The highest BCUT2D eigenvalue weighted by Crippen LogP contribution is 2.21. The van der Waals surface area contributed by atoms with E-state index in [1.54, 1.807) is 12.1 Å². The van der Waals surface area contributed by atoms with Crippen molar-refractivity contribution in [2.45, 2.75) is 17.4 Å². The second-order valence-electron chi connectivity index (χ2n) is 4.08. The number of hydrogen-bond acceptors (Lipinski definition) is 4. The summed E-state index contributed by atoms with van der Waals surface area (Å²) in [6.07, 6.45) is 2.63. The van der Waals surface area contributed by atoms with E-state index >= 15 is 0 Å². The van der Waals surface area contributed by atoms with E-state index in [4.69, 9.17) is 16.9 Å². The molecule has 1 aromatic carbocycles. The normalized spacial score (nSPS) is 19.8. The Morgan fingerprint density at radius 2 is 2.17 bits per heavy atom. The van der Waals surface area contributed by atoms with Gasteiger partial charge in [0, 0.05) is 19.1 Å². The van der Waals surface area contributed by atoms with Crippen molar-refractivity contribution < 1.29 is 8.42 Å². The first kappa shape index (κ1) is 13.1. The minimum absolute atomic E-state index is 0.0714. The smallest absolute Gasteiger partial charge is 0.242 e. The third-order valence-corrected chi connectivity index (χ3v) is 4.80. The van der Waals surface area contributed by atoms with Gasteiger partial charge in [0.05, 0.1) is 5.02 Å². The zero-order valence-corrected chi connectivity index (χ0v) is 11.1. The maximum absolute atomic E-state index is 12.1. The summed E-state index contributed by atoms with van der Waals surface area (Å²) in [5, 5.41) is 8.92. The van der Waals surface area contributed by atoms with Crippen molar-refractivity contribution in [1.29, 1.82) is 5.26 Å². The Labute approximate surface area is 111 Å². The number of likely N-dealkylation sites (tertiary alicyclic amines) is 1. The highest BCUT2D eigenvalue weighted by Gasteiger charge is 2.27. The first-order valence-corrected chi connectivity index (χ1v) is 7.30. The molecule has 96 valence electrons. The molecule has 1 N–H and O–H groups in total. The summed E-state index contributed by atoms with van der Waals surface area (Å²) in [7, 11) is -3.62. The van der Waals surface area contributed by atoms with Gasteiger partial charge in [-0.25, -0.2) is 13.1 Å². The van der Waals surface area contributed by atoms with Crippen LogP contribution in [0.15, 0.2) is 29.2 Å². The first-order valence-electron chi connectivity index (χ1n) is 5.44. The molecule has 2 rings (SSSR count). The predicted molar refractivity (Wildman–Crippen MR) is 67.4 cm³/mol. The summed E-state index contributed by atoms with van der Waals surface area (Å²) < 4.78 is 26.8. The largest absolute Gasteiger partial charge is 0.309 e. The van der Waals surface area contributed by atoms with Crippen LogP contribution in [0, 0.1) is 11.5 Å². The van der Waals surface area contributed by atoms with Crippen molar-refractivity contribution in [3.05, 3.63) is 29.3 Å². The number of sulfonamides is 1. The molecule has 1 unspecified atom stereocenters. The predicted octanol–water partition coefficient (Wildman–Crippen LogP) is 1.17. The molecular formula is C11H12ClN3O2S. The highest BCUT2D eigenvalue weighted by molar-refractivity contribution is 7.89. The topological polar surface area (TPSA) is 73.2 Å². The molecule has 0 amide bonds. The van der Waals surface area contributed by atoms with Gasteiger partial charge in [-0.1, -0.05) is 23.7 Å². The van der Waals surface area contributed by atoms with Crippen LogP contribution in [0.2, 0.25) is 5.02 Å². The van der Waals surface area contributed by atoms with Crippen molar-refractivity contribution in [3.63, 3.8) is 0 Å². The van der Waals surface area contributed by atoms with Crippen LogP contribution < -0.4 is 4.72 Å². The Kier molecular flexibility index (Phi) is 3.76. The molecule has 1 saturated heterocycles. The molecule has 1 aromatic rings. The lowest BCUT2D eigenvalue weighted by Gasteiger charge is -2.13. The molecule has 1 heterocycles. The number of hydrogen-bond donors (Lipinski definition) is 1. The molecule has 7 heteroatoms. The van der Waals surface area contributed by atoms with Crippen LogP contribution in [0.4, 0.5) is 0 Å². The standard InChI is InChI=1S/C11H12ClN3O2S/c12-10-3-1-2-4-11(10)18(16,17)14-9-5-6-15(7-9)8-13/h1-4,9,14H,5-7H2. The Morgan fingerprint density at radius 3 is 2.78 bits per heavy atom. The van der Waals surface area contributed by atoms with Gasteiger partial charge < -0.3 is 4.90 Å². The van der Waals surface area contributed by atoms with Gasteiger partial charge in [-0.2, -0.15) is 5.26 Å². The van der Waals surface area contributed by atoms with E-state index in [1.165, 1.54) is 17.0 Å². The van der Waals surface area contributed by atoms with E-state index < -0.39 is 10.0 Å². The minimum atomic E-state index is -3.62. The molecule has 1 atom stereocenters. The fourth-order valence-corrected chi connectivity index (χ4v) is 3.67. The van der Waals surface area contributed by atoms with Gasteiger partial charge in [-0.05, 0) is 18.6 Å². The molecule has 1 aliphatic heterocycles. The number of benzene rings is 1. The summed E-state index contributed by atoms with van der Waals surface area (Å²) >= 11 is 5.87. The van der Waals surface area contributed by atoms with Gasteiger partial charge in [0.1, 0.15) is 4.90 Å². The van der Waals surface area contributed by atoms with Gasteiger partial charge in [0.2, 0.25) is 10.0 Å². The lowest BCUT2D eigenvalue weighted by molar-refractivity contribution is 0.470. The summed E-state index contributed by atoms with van der Waals surface area (Å²) in [5.41, 5.74) is 0. The molecule has 0 aliphatic carbocycles. The summed E-state index contributed by atoms with van der Waals surface area (Å²) in [5.74, 6) is 0. The van der Waals surface area contributed by atoms with Crippen LogP contribution >= 0.6 is 11.6 Å². The van der Waals surface area contributed by atoms with Crippen molar-refractivity contribution in [2.75, 3.05) is 13.1 Å². The highest BCUT2D eigenvalue weighted by atomic mass is 35.5. The molecule has 5 nitrogen and oxygen atoms in total. The molecular weight excluding hydrogens is 274 g/mol. The Bertz CT molecular complexity index is 582. The molecule has 1 fully saturated rings. The van der Waals surface area contributed by atoms with Gasteiger partial charge in [-0.15, -0.1) is 0 Å². The molecule has 0 spiro atoms. The van der Waals surface area contributed by atoms with Crippen LogP contribution in [-0.4, -0.2) is 32.4 Å². The van der Waals surface area contributed by atoms with Crippen LogP contribution in [0.25, 0.3) is 0 Å². The maximum Gasteiger partial charge on any atom is 0.242 e.